The number of benzene rings is 3. The zero-order valence-electron chi connectivity index (χ0n) is 19.6. The predicted octanol–water partition coefficient (Wildman–Crippen LogP) is 7.78. The van der Waals surface area contributed by atoms with Crippen molar-refractivity contribution in [2.24, 2.45) is 0 Å². The average Bonchev–Trinajstić information content (AvgIpc) is 2.79. The van der Waals surface area contributed by atoms with Gasteiger partial charge in [0.25, 0.3) is 0 Å². The van der Waals surface area contributed by atoms with Gasteiger partial charge in [0, 0.05) is 4.90 Å². The van der Waals surface area contributed by atoms with E-state index >= 15 is 0 Å². The van der Waals surface area contributed by atoms with Gasteiger partial charge in [-0.25, -0.2) is 0 Å². The zero-order chi connectivity index (χ0) is 24.1. The summed E-state index contributed by atoms with van der Waals surface area (Å²) >= 11 is 4.36. The van der Waals surface area contributed by atoms with E-state index in [9.17, 15) is 0 Å². The lowest BCUT2D eigenvalue weighted by Gasteiger charge is -2.12. The number of nitrogens with zero attached hydrogens (tertiary/aromatic N) is 3. The molecule has 0 aliphatic rings. The molecule has 0 unspecified atom stereocenters. The number of hydrogen-bond acceptors (Lipinski definition) is 7. The Morgan fingerprint density at radius 2 is 0.941 bits per heavy atom. The van der Waals surface area contributed by atoms with Crippen LogP contribution in [0.1, 0.15) is 50.7 Å². The lowest BCUT2D eigenvalue weighted by atomic mass is 10.0. The molecule has 0 aliphatic heterocycles. The summed E-state index contributed by atoms with van der Waals surface area (Å²) in [5.41, 5.74) is 2.30. The molecule has 3 aromatic carbocycles. The van der Waals surface area contributed by atoms with Crippen molar-refractivity contribution in [1.29, 1.82) is 0 Å². The van der Waals surface area contributed by atoms with Gasteiger partial charge in [0.1, 0.15) is 17.2 Å². The molecule has 0 atom stereocenters. The second-order valence-electron chi connectivity index (χ2n) is 8.44. The van der Waals surface area contributed by atoms with Gasteiger partial charge < -0.3 is 14.2 Å². The molecule has 6 nitrogen and oxygen atoms in total. The monoisotopic (exact) mass is 473 g/mol. The van der Waals surface area contributed by atoms with Crippen molar-refractivity contribution in [2.45, 2.75) is 44.4 Å². The van der Waals surface area contributed by atoms with E-state index in [1.54, 1.807) is 12.1 Å². The molecular weight excluding hydrogens is 446 g/mol. The Morgan fingerprint density at radius 3 is 1.32 bits per heavy atom. The quantitative estimate of drug-likeness (QED) is 0.264. The van der Waals surface area contributed by atoms with Gasteiger partial charge in [-0.05, 0) is 65.4 Å². The normalized spacial score (nSPS) is 11.0. The van der Waals surface area contributed by atoms with Crippen molar-refractivity contribution in [3.63, 3.8) is 0 Å². The SMILES string of the molecule is CC(C)c1cccc(Oc2nc(Oc3cccc(S)c3)nc(Oc3cccc(C(C)C)c3)n2)c1. The topological polar surface area (TPSA) is 66.4 Å². The fourth-order valence-electron chi connectivity index (χ4n) is 3.19. The number of hydrogen-bond donors (Lipinski definition) is 1. The third-order valence-corrected chi connectivity index (χ3v) is 5.35. The molecule has 4 rings (SSSR count). The van der Waals surface area contributed by atoms with Crippen LogP contribution in [0.3, 0.4) is 0 Å². The molecule has 4 aromatic rings. The molecule has 1 aromatic heterocycles. The number of ether oxygens (including phenoxy) is 3. The highest BCUT2D eigenvalue weighted by Crippen LogP contribution is 2.29. The van der Waals surface area contributed by atoms with Crippen LogP contribution in [-0.2, 0) is 0 Å². The van der Waals surface area contributed by atoms with Gasteiger partial charge in [-0.3, -0.25) is 0 Å². The molecular formula is C27H27N3O3S. The molecule has 0 spiro atoms. The van der Waals surface area contributed by atoms with Crippen LogP contribution in [0, 0.1) is 0 Å². The van der Waals surface area contributed by atoms with Crippen LogP contribution in [0.2, 0.25) is 0 Å². The van der Waals surface area contributed by atoms with Crippen LogP contribution in [0.15, 0.2) is 77.7 Å². The fourth-order valence-corrected chi connectivity index (χ4v) is 3.41. The van der Waals surface area contributed by atoms with E-state index in [0.717, 1.165) is 16.0 Å². The van der Waals surface area contributed by atoms with Crippen molar-refractivity contribution >= 4 is 12.6 Å². The van der Waals surface area contributed by atoms with E-state index in [4.69, 9.17) is 14.2 Å². The minimum Gasteiger partial charge on any atom is -0.424 e. The zero-order valence-corrected chi connectivity index (χ0v) is 20.5. The van der Waals surface area contributed by atoms with Crippen molar-refractivity contribution in [3.05, 3.63) is 83.9 Å². The van der Waals surface area contributed by atoms with Gasteiger partial charge in [-0.15, -0.1) is 27.6 Å². The van der Waals surface area contributed by atoms with E-state index < -0.39 is 0 Å². The predicted molar refractivity (Wildman–Crippen MR) is 135 cm³/mol. The third-order valence-electron chi connectivity index (χ3n) is 5.07. The molecule has 34 heavy (non-hydrogen) atoms. The van der Waals surface area contributed by atoms with Crippen molar-refractivity contribution in [3.8, 4) is 35.3 Å². The lowest BCUT2D eigenvalue weighted by molar-refractivity contribution is 0.361. The Labute approximate surface area is 205 Å². The summed E-state index contributed by atoms with van der Waals surface area (Å²) in [7, 11) is 0. The van der Waals surface area contributed by atoms with Crippen LogP contribution in [0.25, 0.3) is 0 Å². The van der Waals surface area contributed by atoms with E-state index in [0.29, 0.717) is 29.1 Å². The summed E-state index contributed by atoms with van der Waals surface area (Å²) in [4.78, 5) is 13.8. The van der Waals surface area contributed by atoms with Crippen LogP contribution >= 0.6 is 12.6 Å². The van der Waals surface area contributed by atoms with Gasteiger partial charge in [0.05, 0.1) is 0 Å². The third kappa shape index (κ3) is 6.26. The van der Waals surface area contributed by atoms with Crippen LogP contribution in [0.5, 0.6) is 35.3 Å². The maximum atomic E-state index is 5.97. The smallest absolute Gasteiger partial charge is 0.331 e. The summed E-state index contributed by atoms with van der Waals surface area (Å²) < 4.78 is 17.8. The van der Waals surface area contributed by atoms with Crippen LogP contribution in [0.4, 0.5) is 0 Å². The Morgan fingerprint density at radius 1 is 0.559 bits per heavy atom. The highest BCUT2D eigenvalue weighted by molar-refractivity contribution is 7.80. The van der Waals surface area contributed by atoms with Gasteiger partial charge in [-0.1, -0.05) is 58.0 Å². The lowest BCUT2D eigenvalue weighted by Crippen LogP contribution is -2.02. The first-order valence-corrected chi connectivity index (χ1v) is 11.6. The number of thiol groups is 1. The molecule has 0 radical (unpaired) electrons. The summed E-state index contributed by atoms with van der Waals surface area (Å²) in [5, 5.41) is 0. The van der Waals surface area contributed by atoms with Crippen LogP contribution < -0.4 is 14.2 Å². The molecule has 0 saturated heterocycles. The molecule has 0 fully saturated rings. The second kappa shape index (κ2) is 10.6. The molecule has 7 heteroatoms. The van der Waals surface area contributed by atoms with Gasteiger partial charge in [-0.2, -0.15) is 0 Å². The maximum Gasteiger partial charge on any atom is 0.331 e. The second-order valence-corrected chi connectivity index (χ2v) is 8.96. The van der Waals surface area contributed by atoms with Gasteiger partial charge in [0.2, 0.25) is 0 Å². The highest BCUT2D eigenvalue weighted by atomic mass is 32.1. The maximum absolute atomic E-state index is 5.97. The molecule has 0 N–H and O–H groups in total. The van der Waals surface area contributed by atoms with Crippen molar-refractivity contribution in [1.82, 2.24) is 15.0 Å². The van der Waals surface area contributed by atoms with Gasteiger partial charge >= 0.3 is 18.0 Å². The first-order chi connectivity index (χ1) is 16.4. The number of rotatable bonds is 8. The molecule has 0 amide bonds. The largest absolute Gasteiger partial charge is 0.424 e. The van der Waals surface area contributed by atoms with E-state index in [1.807, 2.05) is 48.5 Å². The average molecular weight is 474 g/mol. The Balaban J connectivity index is 1.67. The summed E-state index contributed by atoms with van der Waals surface area (Å²) in [6.07, 6.45) is 0. The first kappa shape index (κ1) is 23.6. The summed E-state index contributed by atoms with van der Waals surface area (Å²) in [6.45, 7) is 8.50. The van der Waals surface area contributed by atoms with Crippen molar-refractivity contribution in [2.75, 3.05) is 0 Å². The fraction of sp³-hybridized carbons (Fsp3) is 0.222. The summed E-state index contributed by atoms with van der Waals surface area (Å²) in [5.74, 6) is 2.50. The van der Waals surface area contributed by atoms with E-state index in [1.165, 1.54) is 0 Å². The van der Waals surface area contributed by atoms with E-state index in [-0.39, 0.29) is 18.0 Å². The molecule has 0 bridgehead atoms. The highest BCUT2D eigenvalue weighted by Gasteiger charge is 2.14. The standard InChI is InChI=1S/C27H27N3O3S/c1-17(2)19-8-5-10-21(14-19)31-25-28-26(32-22-11-6-9-20(15-22)18(3)4)30-27(29-25)33-23-12-7-13-24(34)16-23/h5-18,34H,1-4H3. The van der Waals surface area contributed by atoms with Crippen LogP contribution in [-0.4, -0.2) is 15.0 Å². The Hall–Kier alpha value is -3.58. The Kier molecular flexibility index (Phi) is 7.33. The molecule has 0 aliphatic carbocycles. The molecule has 0 saturated carbocycles. The van der Waals surface area contributed by atoms with E-state index in [2.05, 4.69) is 67.4 Å². The first-order valence-electron chi connectivity index (χ1n) is 11.1. The van der Waals surface area contributed by atoms with Crippen molar-refractivity contribution < 1.29 is 14.2 Å². The molecule has 174 valence electrons. The minimum absolute atomic E-state index is 0.0546. The summed E-state index contributed by atoms with van der Waals surface area (Å²) in [6, 6.07) is 23.1. The van der Waals surface area contributed by atoms with Gasteiger partial charge in [0.15, 0.2) is 0 Å². The molecule has 1 heterocycles. The number of aromatic nitrogens is 3. The Bertz CT molecular complexity index is 1210. The minimum atomic E-state index is 0.0546.